The van der Waals surface area contributed by atoms with Gasteiger partial charge < -0.3 is 9.52 Å². The average Bonchev–Trinajstić information content (AvgIpc) is 3.01. The van der Waals surface area contributed by atoms with Gasteiger partial charge in [-0.3, -0.25) is 5.43 Å². The van der Waals surface area contributed by atoms with Crippen molar-refractivity contribution in [2.24, 2.45) is 10.1 Å². The molecule has 24 heavy (non-hydrogen) atoms. The van der Waals surface area contributed by atoms with Crippen LogP contribution in [0.25, 0.3) is 11.3 Å². The Morgan fingerprint density at radius 3 is 2.79 bits per heavy atom. The standard InChI is InChI=1S/C15H12F3N3O2S/c16-15(17,18)11-3-1-2-10(8-11)13-5-4-12(23-13)9-20-21-14(24)19-6-7-22/h1-6,8-9,22H,7H2,(H,21,24)/b19-6?,20-9+. The highest BCUT2D eigenvalue weighted by atomic mass is 32.1. The summed E-state index contributed by atoms with van der Waals surface area (Å²) in [5, 5.41) is 12.4. The van der Waals surface area contributed by atoms with Gasteiger partial charge in [-0.05, 0) is 36.5 Å². The number of hydrogen-bond acceptors (Lipinski definition) is 4. The molecule has 1 heterocycles. The molecule has 0 saturated heterocycles. The monoisotopic (exact) mass is 355 g/mol. The molecular formula is C15H12F3N3O2S. The van der Waals surface area contributed by atoms with Crippen molar-refractivity contribution >= 4 is 29.8 Å². The number of nitrogens with zero attached hydrogens (tertiary/aromatic N) is 2. The first-order valence-electron chi connectivity index (χ1n) is 6.64. The topological polar surface area (TPSA) is 70.1 Å². The lowest BCUT2D eigenvalue weighted by atomic mass is 10.1. The summed E-state index contributed by atoms with van der Waals surface area (Å²) in [4.78, 5) is 3.65. The molecule has 9 heteroatoms. The summed E-state index contributed by atoms with van der Waals surface area (Å²) in [6.45, 7) is -0.246. The lowest BCUT2D eigenvalue weighted by Crippen LogP contribution is -2.12. The van der Waals surface area contributed by atoms with Crippen LogP contribution in [0.5, 0.6) is 0 Å². The van der Waals surface area contributed by atoms with Crippen LogP contribution >= 0.6 is 12.2 Å². The molecule has 1 aromatic heterocycles. The Bertz CT molecular complexity index is 769. The Balaban J connectivity index is 2.08. The molecule has 0 saturated carbocycles. The molecule has 0 aliphatic heterocycles. The van der Waals surface area contributed by atoms with E-state index in [1.54, 1.807) is 12.1 Å². The number of nitrogens with one attached hydrogen (secondary N) is 1. The molecule has 0 fully saturated rings. The summed E-state index contributed by atoms with van der Waals surface area (Å²) < 4.78 is 43.6. The van der Waals surface area contributed by atoms with Crippen molar-refractivity contribution in [1.29, 1.82) is 0 Å². The minimum absolute atomic E-state index is 0.0463. The predicted molar refractivity (Wildman–Crippen MR) is 88.1 cm³/mol. The van der Waals surface area contributed by atoms with Gasteiger partial charge in [-0.25, -0.2) is 4.99 Å². The molecule has 0 spiro atoms. The van der Waals surface area contributed by atoms with E-state index in [1.165, 1.54) is 24.6 Å². The van der Waals surface area contributed by atoms with Crippen LogP contribution in [0.4, 0.5) is 13.2 Å². The van der Waals surface area contributed by atoms with Gasteiger partial charge in [0.05, 0.1) is 18.4 Å². The molecule has 2 aromatic rings. The SMILES string of the molecule is OCC=NC(=S)N/N=C/c1ccc(-c2cccc(C(F)(F)F)c2)o1. The highest BCUT2D eigenvalue weighted by molar-refractivity contribution is 7.80. The van der Waals surface area contributed by atoms with E-state index in [9.17, 15) is 13.2 Å². The molecule has 0 amide bonds. The average molecular weight is 355 g/mol. The van der Waals surface area contributed by atoms with Crippen molar-refractivity contribution in [2.45, 2.75) is 6.18 Å². The van der Waals surface area contributed by atoms with Gasteiger partial charge in [0.2, 0.25) is 5.11 Å². The maximum Gasteiger partial charge on any atom is 0.416 e. The van der Waals surface area contributed by atoms with Crippen molar-refractivity contribution in [3.63, 3.8) is 0 Å². The van der Waals surface area contributed by atoms with Crippen molar-refractivity contribution in [1.82, 2.24) is 5.43 Å². The van der Waals surface area contributed by atoms with Crippen LogP contribution in [-0.2, 0) is 6.18 Å². The van der Waals surface area contributed by atoms with E-state index in [2.05, 4.69) is 15.5 Å². The van der Waals surface area contributed by atoms with E-state index < -0.39 is 11.7 Å². The number of aliphatic hydroxyl groups excluding tert-OH is 1. The van der Waals surface area contributed by atoms with Gasteiger partial charge in [-0.2, -0.15) is 18.3 Å². The number of alkyl halides is 3. The highest BCUT2D eigenvalue weighted by Crippen LogP contribution is 2.32. The zero-order valence-electron chi connectivity index (χ0n) is 12.1. The molecule has 0 aliphatic rings. The minimum Gasteiger partial charge on any atom is -0.455 e. The van der Waals surface area contributed by atoms with Gasteiger partial charge in [0.15, 0.2) is 0 Å². The predicted octanol–water partition coefficient (Wildman–Crippen LogP) is 3.24. The van der Waals surface area contributed by atoms with Crippen LogP contribution in [0.3, 0.4) is 0 Å². The van der Waals surface area contributed by atoms with E-state index in [4.69, 9.17) is 21.7 Å². The maximum absolute atomic E-state index is 12.7. The lowest BCUT2D eigenvalue weighted by Gasteiger charge is -2.07. The fraction of sp³-hybridized carbons (Fsp3) is 0.133. The zero-order valence-corrected chi connectivity index (χ0v) is 12.9. The van der Waals surface area contributed by atoms with E-state index in [1.807, 2.05) is 0 Å². The Kier molecular flexibility index (Phi) is 5.83. The van der Waals surface area contributed by atoms with E-state index in [0.29, 0.717) is 11.3 Å². The maximum atomic E-state index is 12.7. The number of halogens is 3. The third-order valence-electron chi connectivity index (χ3n) is 2.74. The van der Waals surface area contributed by atoms with Crippen LogP contribution < -0.4 is 5.43 Å². The summed E-state index contributed by atoms with van der Waals surface area (Å²) in [6, 6.07) is 7.93. The largest absolute Gasteiger partial charge is 0.455 e. The third kappa shape index (κ3) is 5.00. The molecule has 1 aromatic carbocycles. The number of benzene rings is 1. The second-order valence-electron chi connectivity index (χ2n) is 4.45. The smallest absolute Gasteiger partial charge is 0.416 e. The van der Waals surface area contributed by atoms with Gasteiger partial charge in [-0.15, -0.1) is 0 Å². The van der Waals surface area contributed by atoms with Crippen LogP contribution in [0.2, 0.25) is 0 Å². The number of rotatable bonds is 4. The van der Waals surface area contributed by atoms with Crippen molar-refractivity contribution in [3.05, 3.63) is 47.7 Å². The first kappa shape index (κ1) is 17.8. The minimum atomic E-state index is -4.42. The van der Waals surface area contributed by atoms with Crippen LogP contribution in [-0.4, -0.2) is 29.3 Å². The Hall–Kier alpha value is -2.52. The summed E-state index contributed by atoms with van der Waals surface area (Å²) >= 11 is 4.79. The van der Waals surface area contributed by atoms with Crippen molar-refractivity contribution in [3.8, 4) is 11.3 Å². The molecule has 0 unspecified atom stereocenters. The summed E-state index contributed by atoms with van der Waals surface area (Å²) in [5.41, 5.74) is 1.98. The summed E-state index contributed by atoms with van der Waals surface area (Å²) in [5.74, 6) is 0.604. The van der Waals surface area contributed by atoms with Crippen LogP contribution in [0.15, 0.2) is 50.9 Å². The zero-order chi connectivity index (χ0) is 17.6. The van der Waals surface area contributed by atoms with E-state index >= 15 is 0 Å². The van der Waals surface area contributed by atoms with E-state index in [0.717, 1.165) is 12.1 Å². The molecule has 2 rings (SSSR count). The van der Waals surface area contributed by atoms with Crippen molar-refractivity contribution in [2.75, 3.05) is 6.61 Å². The van der Waals surface area contributed by atoms with Crippen LogP contribution in [0.1, 0.15) is 11.3 Å². The fourth-order valence-electron chi connectivity index (χ4n) is 1.73. The molecule has 0 aliphatic carbocycles. The van der Waals surface area contributed by atoms with E-state index in [-0.39, 0.29) is 17.5 Å². The summed E-state index contributed by atoms with van der Waals surface area (Å²) in [7, 11) is 0. The van der Waals surface area contributed by atoms with Gasteiger partial charge in [0.1, 0.15) is 11.5 Å². The van der Waals surface area contributed by atoms with Crippen molar-refractivity contribution < 1.29 is 22.7 Å². The molecule has 5 nitrogen and oxygen atoms in total. The molecule has 2 N–H and O–H groups in total. The summed E-state index contributed by atoms with van der Waals surface area (Å²) in [6.07, 6.45) is -1.91. The fourth-order valence-corrected chi connectivity index (χ4v) is 1.86. The van der Waals surface area contributed by atoms with Gasteiger partial charge in [0.25, 0.3) is 0 Å². The second kappa shape index (κ2) is 7.84. The van der Waals surface area contributed by atoms with Gasteiger partial charge in [0, 0.05) is 11.8 Å². The molecule has 0 atom stereocenters. The first-order chi connectivity index (χ1) is 11.4. The molecule has 0 bridgehead atoms. The number of thiocarbonyl (C=S) groups is 1. The Morgan fingerprint density at radius 2 is 2.08 bits per heavy atom. The lowest BCUT2D eigenvalue weighted by molar-refractivity contribution is -0.137. The number of aliphatic hydroxyl groups is 1. The number of hydrazone groups is 1. The van der Waals surface area contributed by atoms with Gasteiger partial charge >= 0.3 is 6.18 Å². The molecular weight excluding hydrogens is 343 g/mol. The van der Waals surface area contributed by atoms with Crippen LogP contribution in [0, 0.1) is 0 Å². The normalized spacial score (nSPS) is 12.2. The first-order valence-corrected chi connectivity index (χ1v) is 7.05. The molecule has 0 radical (unpaired) electrons. The van der Waals surface area contributed by atoms with Gasteiger partial charge in [-0.1, -0.05) is 12.1 Å². The highest BCUT2D eigenvalue weighted by Gasteiger charge is 2.30. The Morgan fingerprint density at radius 1 is 1.29 bits per heavy atom. The Labute approximate surface area is 140 Å². The quantitative estimate of drug-likeness (QED) is 0.502. The molecule has 126 valence electrons. The third-order valence-corrected chi connectivity index (χ3v) is 2.94. The number of aliphatic imine (C=N–C) groups is 1. The number of furan rings is 1. The second-order valence-corrected chi connectivity index (χ2v) is 4.84. The number of hydrogen-bond donors (Lipinski definition) is 2.